The van der Waals surface area contributed by atoms with Crippen LogP contribution < -0.4 is 18.9 Å². The number of hydrogen-bond acceptors (Lipinski definition) is 6. The largest absolute Gasteiger partial charge is 0.573 e. The number of halogens is 6. The van der Waals surface area contributed by atoms with Gasteiger partial charge < -0.3 is 18.9 Å². The first-order valence-electron chi connectivity index (χ1n) is 7.22. The Morgan fingerprint density at radius 1 is 0.786 bits per heavy atom. The van der Waals surface area contributed by atoms with Gasteiger partial charge in [-0.25, -0.2) is 0 Å². The molecular weight excluding hydrogens is 398 g/mol. The summed E-state index contributed by atoms with van der Waals surface area (Å²) in [6.07, 6.45) is -9.83. The lowest BCUT2D eigenvalue weighted by molar-refractivity contribution is -0.276. The van der Waals surface area contributed by atoms with Crippen molar-refractivity contribution in [3.63, 3.8) is 0 Å². The van der Waals surface area contributed by atoms with Gasteiger partial charge >= 0.3 is 12.7 Å². The van der Waals surface area contributed by atoms with Crippen LogP contribution in [0.1, 0.15) is 0 Å². The minimum absolute atomic E-state index is 0.0406. The molecule has 2 aromatic rings. The molecule has 0 saturated carbocycles. The Morgan fingerprint density at radius 3 is 1.75 bits per heavy atom. The average molecular weight is 409 g/mol. The molecular formula is C16H11F6N2O4. The van der Waals surface area contributed by atoms with E-state index in [1.807, 2.05) is 0 Å². The summed E-state index contributed by atoms with van der Waals surface area (Å²) in [4.78, 5) is 0. The number of benzene rings is 2. The molecule has 0 spiro atoms. The molecule has 0 aliphatic heterocycles. The molecule has 0 amide bonds. The molecule has 1 radical (unpaired) electrons. The Bertz CT molecular complexity index is 810. The van der Waals surface area contributed by atoms with Crippen molar-refractivity contribution in [3.05, 3.63) is 36.4 Å². The van der Waals surface area contributed by atoms with E-state index in [-0.39, 0.29) is 22.9 Å². The van der Waals surface area contributed by atoms with E-state index in [1.165, 1.54) is 6.07 Å². The van der Waals surface area contributed by atoms with E-state index in [9.17, 15) is 26.3 Å². The topological polar surface area (TPSA) is 61.6 Å². The number of ether oxygens (including phenoxy) is 4. The monoisotopic (exact) mass is 409 g/mol. The molecule has 0 aromatic heterocycles. The van der Waals surface area contributed by atoms with Crippen LogP contribution in [0.4, 0.5) is 37.7 Å². The van der Waals surface area contributed by atoms with Gasteiger partial charge in [0, 0.05) is 18.2 Å². The molecule has 2 rings (SSSR count). The maximum Gasteiger partial charge on any atom is 0.573 e. The fourth-order valence-electron chi connectivity index (χ4n) is 1.91. The maximum atomic E-state index is 12.5. The van der Waals surface area contributed by atoms with Gasteiger partial charge in [-0.3, -0.25) is 0 Å². The zero-order valence-electron chi connectivity index (χ0n) is 14.2. The van der Waals surface area contributed by atoms with Gasteiger partial charge in [-0.15, -0.1) is 26.3 Å². The van der Waals surface area contributed by atoms with Crippen LogP contribution in [-0.2, 0) is 0 Å². The van der Waals surface area contributed by atoms with Crippen molar-refractivity contribution in [3.8, 4) is 23.0 Å². The number of nitrogens with zero attached hydrogens (tertiary/aromatic N) is 2. The summed E-state index contributed by atoms with van der Waals surface area (Å²) < 4.78 is 91.1. The molecule has 0 fully saturated rings. The molecule has 6 nitrogen and oxygen atoms in total. The summed E-state index contributed by atoms with van der Waals surface area (Å²) in [5.74, 6) is -1.89. The number of methoxy groups -OCH3 is 2. The van der Waals surface area contributed by atoms with Crippen molar-refractivity contribution >= 4 is 11.4 Å². The summed E-state index contributed by atoms with van der Waals surface area (Å²) in [6.45, 7) is 0. The van der Waals surface area contributed by atoms with Gasteiger partial charge in [0.25, 0.3) is 0 Å². The van der Waals surface area contributed by atoms with E-state index in [2.05, 4.69) is 25.8 Å². The van der Waals surface area contributed by atoms with Gasteiger partial charge in [0.05, 0.1) is 25.6 Å². The van der Waals surface area contributed by atoms with Crippen LogP contribution in [0.15, 0.2) is 40.6 Å². The molecule has 28 heavy (non-hydrogen) atoms. The van der Waals surface area contributed by atoms with Crippen molar-refractivity contribution in [1.29, 1.82) is 0 Å². The fourth-order valence-corrected chi connectivity index (χ4v) is 1.91. The SMILES string of the molecule is COc1cc(/N=N/c2c[c]c(OC(F)(F)F)cc2)cc(OC)c1OC(F)(F)F. The van der Waals surface area contributed by atoms with Crippen molar-refractivity contribution in [2.45, 2.75) is 12.7 Å². The number of alkyl halides is 6. The Labute approximate surface area is 154 Å². The first kappa shape index (κ1) is 21.1. The van der Waals surface area contributed by atoms with Crippen LogP contribution in [0, 0.1) is 6.07 Å². The average Bonchev–Trinajstić information content (AvgIpc) is 2.59. The highest BCUT2D eigenvalue weighted by atomic mass is 19.4. The smallest absolute Gasteiger partial charge is 0.493 e. The normalized spacial score (nSPS) is 12.1. The fraction of sp³-hybridized carbons (Fsp3) is 0.250. The van der Waals surface area contributed by atoms with E-state index in [4.69, 9.17) is 9.47 Å². The number of rotatable bonds is 6. The lowest BCUT2D eigenvalue weighted by atomic mass is 10.2. The van der Waals surface area contributed by atoms with Gasteiger partial charge in [-0.05, 0) is 18.2 Å². The molecule has 0 heterocycles. The van der Waals surface area contributed by atoms with E-state index >= 15 is 0 Å². The van der Waals surface area contributed by atoms with E-state index < -0.39 is 24.2 Å². The molecule has 0 bridgehead atoms. The Kier molecular flexibility index (Phi) is 6.21. The van der Waals surface area contributed by atoms with E-state index in [0.29, 0.717) is 0 Å². The lowest BCUT2D eigenvalue weighted by Crippen LogP contribution is -2.18. The molecule has 0 atom stereocenters. The number of azo groups is 1. The van der Waals surface area contributed by atoms with Crippen molar-refractivity contribution < 1.29 is 45.3 Å². The first-order valence-corrected chi connectivity index (χ1v) is 7.22. The summed E-state index contributed by atoms with van der Waals surface area (Å²) in [6, 6.07) is 7.67. The van der Waals surface area contributed by atoms with Gasteiger partial charge in [-0.1, -0.05) is 0 Å². The lowest BCUT2D eigenvalue weighted by Gasteiger charge is -2.16. The molecule has 0 saturated heterocycles. The zero-order chi connectivity index (χ0) is 20.9. The Hall–Kier alpha value is -3.18. The quantitative estimate of drug-likeness (QED) is 0.453. The molecule has 0 aliphatic carbocycles. The molecule has 2 aromatic carbocycles. The van der Waals surface area contributed by atoms with Gasteiger partial charge in [0.15, 0.2) is 11.5 Å². The van der Waals surface area contributed by atoms with Crippen LogP contribution in [-0.4, -0.2) is 26.9 Å². The number of hydrogen-bond donors (Lipinski definition) is 0. The van der Waals surface area contributed by atoms with Crippen molar-refractivity contribution in [2.24, 2.45) is 10.2 Å². The summed E-state index contributed by atoms with van der Waals surface area (Å²) in [7, 11) is 2.24. The predicted octanol–water partition coefficient (Wildman–Crippen LogP) is 5.72. The molecule has 12 heteroatoms. The molecule has 0 unspecified atom stereocenters. The zero-order valence-corrected chi connectivity index (χ0v) is 14.2. The second-order valence-electron chi connectivity index (χ2n) is 4.89. The summed E-state index contributed by atoms with van der Waals surface area (Å²) in [5.41, 5.74) is 0.155. The minimum atomic E-state index is -4.97. The maximum absolute atomic E-state index is 12.5. The van der Waals surface area contributed by atoms with Gasteiger partial charge in [0.2, 0.25) is 5.75 Å². The summed E-state index contributed by atoms with van der Waals surface area (Å²) in [5, 5.41) is 7.53. The third kappa shape index (κ3) is 6.21. The third-order valence-electron chi connectivity index (χ3n) is 2.94. The first-order chi connectivity index (χ1) is 13.0. The van der Waals surface area contributed by atoms with Crippen LogP contribution in [0.25, 0.3) is 0 Å². The highest BCUT2D eigenvalue weighted by molar-refractivity contribution is 5.60. The van der Waals surface area contributed by atoms with Gasteiger partial charge in [0.1, 0.15) is 5.75 Å². The van der Waals surface area contributed by atoms with Crippen LogP contribution in [0.5, 0.6) is 23.0 Å². The van der Waals surface area contributed by atoms with Crippen LogP contribution in [0.2, 0.25) is 0 Å². The van der Waals surface area contributed by atoms with Crippen LogP contribution >= 0.6 is 0 Å². The second kappa shape index (κ2) is 8.23. The minimum Gasteiger partial charge on any atom is -0.493 e. The molecule has 151 valence electrons. The standard InChI is InChI=1S/C16H11F6N2O4/c1-25-12-7-10(8-13(26-2)14(12)28-16(20,21)22)24-23-9-3-5-11(6-4-9)27-15(17,18)19/h3-5,7-8H,1-2H3/b24-23+. The third-order valence-corrected chi connectivity index (χ3v) is 2.94. The molecule has 0 N–H and O–H groups in total. The van der Waals surface area contributed by atoms with Crippen molar-refractivity contribution in [1.82, 2.24) is 0 Å². The summed E-state index contributed by atoms with van der Waals surface area (Å²) >= 11 is 0. The van der Waals surface area contributed by atoms with E-state index in [0.717, 1.165) is 38.5 Å². The second-order valence-corrected chi connectivity index (χ2v) is 4.89. The Morgan fingerprint density at radius 2 is 1.32 bits per heavy atom. The highest BCUT2D eigenvalue weighted by Crippen LogP contribution is 2.43. The van der Waals surface area contributed by atoms with Crippen LogP contribution in [0.3, 0.4) is 0 Å². The molecule has 0 aliphatic rings. The Balaban J connectivity index is 2.26. The predicted molar refractivity (Wildman–Crippen MR) is 82.4 cm³/mol. The van der Waals surface area contributed by atoms with Crippen molar-refractivity contribution in [2.75, 3.05) is 14.2 Å². The van der Waals surface area contributed by atoms with Gasteiger partial charge in [-0.2, -0.15) is 10.2 Å². The highest BCUT2D eigenvalue weighted by Gasteiger charge is 2.34. The van der Waals surface area contributed by atoms with E-state index in [1.54, 1.807) is 0 Å².